The van der Waals surface area contributed by atoms with Crippen molar-refractivity contribution in [2.45, 2.75) is 26.9 Å². The molecule has 0 spiro atoms. The number of aromatic nitrogens is 4. The number of aryl methyl sites for hydroxylation is 1. The van der Waals surface area contributed by atoms with Crippen LogP contribution in [-0.4, -0.2) is 25.1 Å². The van der Waals surface area contributed by atoms with Gasteiger partial charge in [0.25, 0.3) is 11.5 Å². The summed E-state index contributed by atoms with van der Waals surface area (Å²) in [6.07, 6.45) is 2.93. The minimum atomic E-state index is -0.449. The maximum Gasteiger partial charge on any atom is 0.270 e. The second-order valence-electron chi connectivity index (χ2n) is 6.88. The highest BCUT2D eigenvalue weighted by Crippen LogP contribution is 2.15. The number of benzene rings is 1. The standard InChI is InChI=1S/C22H21N5O2/c1-15-18(16(2)27(25-15)14-17-8-4-3-5-9-17)12-24-21(28)19-13-23-20-10-6-7-11-26(20)22(19)29/h3-11,13H,12,14H2,1-2H3,(H,24,28). The van der Waals surface area contributed by atoms with Crippen molar-refractivity contribution in [1.29, 1.82) is 0 Å². The fourth-order valence-electron chi connectivity index (χ4n) is 3.35. The van der Waals surface area contributed by atoms with Crippen LogP contribution in [0.3, 0.4) is 0 Å². The second-order valence-corrected chi connectivity index (χ2v) is 6.88. The molecule has 0 saturated carbocycles. The fraction of sp³-hybridized carbons (Fsp3) is 0.182. The summed E-state index contributed by atoms with van der Waals surface area (Å²) in [6.45, 7) is 4.86. The van der Waals surface area contributed by atoms with Gasteiger partial charge in [-0.2, -0.15) is 5.10 Å². The van der Waals surface area contributed by atoms with Gasteiger partial charge < -0.3 is 5.32 Å². The maximum atomic E-state index is 12.6. The van der Waals surface area contributed by atoms with Gasteiger partial charge in [-0.15, -0.1) is 0 Å². The third kappa shape index (κ3) is 3.67. The van der Waals surface area contributed by atoms with E-state index in [-0.39, 0.29) is 11.1 Å². The first-order chi connectivity index (χ1) is 14.0. The largest absolute Gasteiger partial charge is 0.348 e. The van der Waals surface area contributed by atoms with Crippen LogP contribution in [0, 0.1) is 13.8 Å². The Morgan fingerprint density at radius 2 is 1.83 bits per heavy atom. The van der Waals surface area contributed by atoms with Crippen LogP contribution >= 0.6 is 0 Å². The van der Waals surface area contributed by atoms with Gasteiger partial charge in [0, 0.05) is 30.2 Å². The zero-order chi connectivity index (χ0) is 20.4. The lowest BCUT2D eigenvalue weighted by Crippen LogP contribution is -2.31. The van der Waals surface area contributed by atoms with Crippen LogP contribution < -0.4 is 10.9 Å². The number of fused-ring (bicyclic) bond motifs is 1. The quantitative estimate of drug-likeness (QED) is 0.570. The molecular formula is C22H21N5O2. The number of hydrogen-bond donors (Lipinski definition) is 1. The Morgan fingerprint density at radius 3 is 2.62 bits per heavy atom. The minimum Gasteiger partial charge on any atom is -0.348 e. The first-order valence-electron chi connectivity index (χ1n) is 9.36. The van der Waals surface area contributed by atoms with Crippen molar-refractivity contribution in [2.24, 2.45) is 0 Å². The van der Waals surface area contributed by atoms with E-state index in [1.165, 1.54) is 10.6 Å². The molecule has 0 fully saturated rings. The predicted octanol–water partition coefficient (Wildman–Crippen LogP) is 2.49. The van der Waals surface area contributed by atoms with Crippen molar-refractivity contribution < 1.29 is 4.79 Å². The fourth-order valence-corrected chi connectivity index (χ4v) is 3.35. The summed E-state index contributed by atoms with van der Waals surface area (Å²) >= 11 is 0. The Kier molecular flexibility index (Phi) is 4.95. The molecule has 0 aliphatic carbocycles. The van der Waals surface area contributed by atoms with Crippen molar-refractivity contribution in [3.63, 3.8) is 0 Å². The predicted molar refractivity (Wildman–Crippen MR) is 110 cm³/mol. The molecule has 1 N–H and O–H groups in total. The second kappa shape index (κ2) is 7.71. The van der Waals surface area contributed by atoms with Gasteiger partial charge in [0.15, 0.2) is 0 Å². The Labute approximate surface area is 167 Å². The molecule has 4 rings (SSSR count). The Hall–Kier alpha value is -3.74. The lowest BCUT2D eigenvalue weighted by molar-refractivity contribution is 0.0949. The number of pyridine rings is 1. The lowest BCUT2D eigenvalue weighted by atomic mass is 10.2. The molecule has 7 heteroatoms. The average Bonchev–Trinajstić information content (AvgIpc) is 3.00. The summed E-state index contributed by atoms with van der Waals surface area (Å²) in [4.78, 5) is 29.4. The van der Waals surface area contributed by atoms with Crippen LogP contribution in [0.25, 0.3) is 5.65 Å². The molecular weight excluding hydrogens is 366 g/mol. The van der Waals surface area contributed by atoms with Crippen molar-refractivity contribution in [3.8, 4) is 0 Å². The molecule has 7 nitrogen and oxygen atoms in total. The topological polar surface area (TPSA) is 81.3 Å². The zero-order valence-corrected chi connectivity index (χ0v) is 16.3. The van der Waals surface area contributed by atoms with Crippen molar-refractivity contribution >= 4 is 11.6 Å². The molecule has 4 aromatic rings. The summed E-state index contributed by atoms with van der Waals surface area (Å²) < 4.78 is 3.29. The minimum absolute atomic E-state index is 0.0145. The molecule has 1 aromatic carbocycles. The third-order valence-electron chi connectivity index (χ3n) is 4.99. The summed E-state index contributed by atoms with van der Waals surface area (Å²) in [5.74, 6) is -0.449. The van der Waals surface area contributed by atoms with Gasteiger partial charge in [0.1, 0.15) is 11.2 Å². The van der Waals surface area contributed by atoms with Gasteiger partial charge >= 0.3 is 0 Å². The molecule has 0 atom stereocenters. The third-order valence-corrected chi connectivity index (χ3v) is 4.99. The van der Waals surface area contributed by atoms with E-state index in [0.29, 0.717) is 18.7 Å². The monoisotopic (exact) mass is 387 g/mol. The van der Waals surface area contributed by atoms with Gasteiger partial charge in [-0.25, -0.2) is 4.98 Å². The van der Waals surface area contributed by atoms with Crippen LogP contribution in [0.15, 0.2) is 65.7 Å². The van der Waals surface area contributed by atoms with E-state index in [2.05, 4.69) is 27.5 Å². The van der Waals surface area contributed by atoms with Crippen LogP contribution in [0.2, 0.25) is 0 Å². The van der Waals surface area contributed by atoms with Crippen molar-refractivity contribution in [1.82, 2.24) is 24.5 Å². The molecule has 0 radical (unpaired) electrons. The number of nitrogens with one attached hydrogen (secondary N) is 1. The van der Waals surface area contributed by atoms with Gasteiger partial charge in [-0.05, 0) is 31.5 Å². The molecule has 0 saturated heterocycles. The summed E-state index contributed by atoms with van der Waals surface area (Å²) in [6, 6.07) is 15.3. The van der Waals surface area contributed by atoms with Gasteiger partial charge in [-0.1, -0.05) is 36.4 Å². The molecule has 1 amide bonds. The molecule has 0 aliphatic heterocycles. The summed E-state index contributed by atoms with van der Waals surface area (Å²) in [5.41, 5.74) is 4.07. The van der Waals surface area contributed by atoms with Gasteiger partial charge in [0.2, 0.25) is 0 Å². The van der Waals surface area contributed by atoms with E-state index < -0.39 is 5.91 Å². The Bertz CT molecular complexity index is 1240. The summed E-state index contributed by atoms with van der Waals surface area (Å²) in [5, 5.41) is 7.44. The molecule has 3 aromatic heterocycles. The van der Waals surface area contributed by atoms with E-state index >= 15 is 0 Å². The molecule has 0 bridgehead atoms. The number of carbonyl (C=O) groups excluding carboxylic acids is 1. The first-order valence-corrected chi connectivity index (χ1v) is 9.36. The van der Waals surface area contributed by atoms with Crippen LogP contribution in [0.1, 0.15) is 32.9 Å². The normalized spacial score (nSPS) is 11.0. The smallest absolute Gasteiger partial charge is 0.270 e. The SMILES string of the molecule is Cc1nn(Cc2ccccc2)c(C)c1CNC(=O)c1cnc2ccccn2c1=O. The van der Waals surface area contributed by atoms with Crippen LogP contribution in [0.5, 0.6) is 0 Å². The summed E-state index contributed by atoms with van der Waals surface area (Å²) in [7, 11) is 0. The van der Waals surface area contributed by atoms with E-state index in [0.717, 1.165) is 22.5 Å². The van der Waals surface area contributed by atoms with Crippen LogP contribution in [0.4, 0.5) is 0 Å². The number of nitrogens with zero attached hydrogens (tertiary/aromatic N) is 4. The van der Waals surface area contributed by atoms with E-state index in [1.807, 2.05) is 36.7 Å². The lowest BCUT2D eigenvalue weighted by Gasteiger charge is -2.08. The number of rotatable bonds is 5. The number of carbonyl (C=O) groups is 1. The van der Waals surface area contributed by atoms with E-state index in [9.17, 15) is 9.59 Å². The zero-order valence-electron chi connectivity index (χ0n) is 16.3. The van der Waals surface area contributed by atoms with Crippen molar-refractivity contribution in [3.05, 3.63) is 99.4 Å². The van der Waals surface area contributed by atoms with Gasteiger partial charge in [-0.3, -0.25) is 18.7 Å². The maximum absolute atomic E-state index is 12.6. The highest BCUT2D eigenvalue weighted by molar-refractivity contribution is 5.93. The Balaban J connectivity index is 1.53. The van der Waals surface area contributed by atoms with Gasteiger partial charge in [0.05, 0.1) is 12.2 Å². The number of amides is 1. The van der Waals surface area contributed by atoms with Crippen LogP contribution in [-0.2, 0) is 13.1 Å². The number of hydrogen-bond acceptors (Lipinski definition) is 4. The van der Waals surface area contributed by atoms with Crippen molar-refractivity contribution in [2.75, 3.05) is 0 Å². The highest BCUT2D eigenvalue weighted by Gasteiger charge is 2.16. The van der Waals surface area contributed by atoms with E-state index in [4.69, 9.17) is 0 Å². The molecule has 3 heterocycles. The first kappa shape index (κ1) is 18.6. The average molecular weight is 387 g/mol. The molecule has 29 heavy (non-hydrogen) atoms. The molecule has 146 valence electrons. The molecule has 0 unspecified atom stereocenters. The Morgan fingerprint density at radius 1 is 1.07 bits per heavy atom. The van der Waals surface area contributed by atoms with E-state index in [1.54, 1.807) is 24.4 Å². The highest BCUT2D eigenvalue weighted by atomic mass is 16.2. The molecule has 0 aliphatic rings.